The molecule has 0 spiro atoms. The van der Waals surface area contributed by atoms with Crippen LogP contribution in [0.2, 0.25) is 0 Å². The van der Waals surface area contributed by atoms with Crippen LogP contribution in [0.15, 0.2) is 108 Å². The number of rotatable bonds is 10. The molecule has 0 aliphatic rings. The van der Waals surface area contributed by atoms with Gasteiger partial charge < -0.3 is 9.84 Å². The number of sulfonamides is 1. The molecule has 4 rings (SSSR count). The zero-order valence-electron chi connectivity index (χ0n) is 19.2. The first-order chi connectivity index (χ1) is 17.3. The van der Waals surface area contributed by atoms with E-state index in [0.717, 1.165) is 5.56 Å². The molecule has 0 saturated heterocycles. The molecule has 0 heterocycles. The van der Waals surface area contributed by atoms with E-state index in [2.05, 4.69) is 4.72 Å². The lowest BCUT2D eigenvalue weighted by Crippen LogP contribution is -2.42. The van der Waals surface area contributed by atoms with E-state index in [1.54, 1.807) is 48.5 Å². The Bertz CT molecular complexity index is 1430. The van der Waals surface area contributed by atoms with Crippen LogP contribution in [-0.2, 0) is 27.8 Å². The highest BCUT2D eigenvalue weighted by Gasteiger charge is 2.25. The van der Waals surface area contributed by atoms with Gasteiger partial charge in [-0.05, 0) is 52.9 Å². The number of hydrogen-bond acceptors (Lipinski definition) is 4. The maximum absolute atomic E-state index is 14.6. The van der Waals surface area contributed by atoms with Gasteiger partial charge in [0.1, 0.15) is 12.6 Å². The topological polar surface area (TPSA) is 92.7 Å². The number of carbonyl (C=O) groups is 1. The van der Waals surface area contributed by atoms with Gasteiger partial charge in [0.2, 0.25) is 10.0 Å². The summed E-state index contributed by atoms with van der Waals surface area (Å²) in [5.74, 6) is -1.69. The van der Waals surface area contributed by atoms with Gasteiger partial charge in [-0.25, -0.2) is 12.8 Å². The zero-order chi connectivity index (χ0) is 25.5. The number of carboxylic acid groups (broad SMARTS) is 1. The van der Waals surface area contributed by atoms with E-state index in [0.29, 0.717) is 16.7 Å². The highest BCUT2D eigenvalue weighted by atomic mass is 32.2. The molecule has 184 valence electrons. The summed E-state index contributed by atoms with van der Waals surface area (Å²) in [5, 5.41) is 9.52. The fourth-order valence-electron chi connectivity index (χ4n) is 3.64. The molecule has 0 aliphatic carbocycles. The van der Waals surface area contributed by atoms with Gasteiger partial charge in [-0.2, -0.15) is 4.72 Å². The van der Waals surface area contributed by atoms with E-state index in [9.17, 15) is 22.7 Å². The summed E-state index contributed by atoms with van der Waals surface area (Å²) < 4.78 is 48.1. The first-order valence-electron chi connectivity index (χ1n) is 11.2. The van der Waals surface area contributed by atoms with E-state index in [4.69, 9.17) is 4.74 Å². The molecule has 6 nitrogen and oxygen atoms in total. The maximum atomic E-state index is 14.6. The van der Waals surface area contributed by atoms with Crippen molar-refractivity contribution >= 4 is 16.0 Å². The second-order valence-corrected chi connectivity index (χ2v) is 9.86. The van der Waals surface area contributed by atoms with Crippen molar-refractivity contribution in [2.75, 3.05) is 0 Å². The Morgan fingerprint density at radius 2 is 1.42 bits per heavy atom. The molecule has 0 aromatic heterocycles. The van der Waals surface area contributed by atoms with Crippen LogP contribution in [0.3, 0.4) is 0 Å². The van der Waals surface area contributed by atoms with E-state index < -0.39 is 27.9 Å². The molecule has 4 aromatic rings. The smallest absolute Gasteiger partial charge is 0.322 e. The summed E-state index contributed by atoms with van der Waals surface area (Å²) in [6, 6.07) is 27.2. The van der Waals surface area contributed by atoms with Gasteiger partial charge in [-0.1, -0.05) is 78.9 Å². The van der Waals surface area contributed by atoms with Crippen molar-refractivity contribution in [3.05, 3.63) is 120 Å². The highest BCUT2D eigenvalue weighted by Crippen LogP contribution is 2.27. The minimum atomic E-state index is -4.10. The Balaban J connectivity index is 1.45. The van der Waals surface area contributed by atoms with Gasteiger partial charge in [0.15, 0.2) is 11.6 Å². The van der Waals surface area contributed by atoms with Crippen LogP contribution >= 0.6 is 0 Å². The quantitative estimate of drug-likeness (QED) is 0.315. The molecule has 0 fully saturated rings. The molecule has 2 N–H and O–H groups in total. The first kappa shape index (κ1) is 25.1. The molecule has 36 heavy (non-hydrogen) atoms. The summed E-state index contributed by atoms with van der Waals surface area (Å²) in [4.78, 5) is 11.6. The number of nitrogens with one attached hydrogen (secondary N) is 1. The summed E-state index contributed by atoms with van der Waals surface area (Å²) in [5.41, 5.74) is 2.76. The van der Waals surface area contributed by atoms with Crippen LogP contribution in [0.25, 0.3) is 11.1 Å². The summed E-state index contributed by atoms with van der Waals surface area (Å²) in [6.45, 7) is 0.234. The number of aliphatic carboxylic acids is 1. The van der Waals surface area contributed by atoms with Crippen molar-refractivity contribution in [2.45, 2.75) is 24.0 Å². The average molecular weight is 506 g/mol. The van der Waals surface area contributed by atoms with Gasteiger partial charge in [0.05, 0.1) is 4.90 Å². The van der Waals surface area contributed by atoms with Crippen LogP contribution in [0.4, 0.5) is 4.39 Å². The minimum absolute atomic E-state index is 0.00541. The molecule has 4 aromatic carbocycles. The van der Waals surface area contributed by atoms with E-state index in [-0.39, 0.29) is 23.7 Å². The molecular weight excluding hydrogens is 481 g/mol. The second-order valence-electron chi connectivity index (χ2n) is 8.15. The molecular formula is C28H24FNO5S. The van der Waals surface area contributed by atoms with Crippen LogP contribution in [0, 0.1) is 5.82 Å². The third-order valence-corrected chi connectivity index (χ3v) is 7.03. The highest BCUT2D eigenvalue weighted by molar-refractivity contribution is 7.89. The largest absolute Gasteiger partial charge is 0.486 e. The predicted molar refractivity (Wildman–Crippen MR) is 135 cm³/mol. The van der Waals surface area contributed by atoms with E-state index in [1.807, 2.05) is 30.3 Å². The van der Waals surface area contributed by atoms with Gasteiger partial charge >= 0.3 is 5.97 Å². The fraction of sp³-hybridized carbons (Fsp3) is 0.107. The number of halogens is 1. The van der Waals surface area contributed by atoms with Crippen LogP contribution < -0.4 is 9.46 Å². The average Bonchev–Trinajstić information content (AvgIpc) is 2.89. The third-order valence-electron chi connectivity index (χ3n) is 5.55. The summed E-state index contributed by atoms with van der Waals surface area (Å²) in [7, 11) is -4.10. The molecule has 0 unspecified atom stereocenters. The zero-order valence-corrected chi connectivity index (χ0v) is 20.0. The number of ether oxygens (including phenoxy) is 1. The molecule has 0 bridgehead atoms. The molecule has 0 radical (unpaired) electrons. The van der Waals surface area contributed by atoms with E-state index >= 15 is 0 Å². The number of hydrogen-bond donors (Lipinski definition) is 2. The third kappa shape index (κ3) is 6.35. The molecule has 0 aliphatic heterocycles. The lowest BCUT2D eigenvalue weighted by atomic mass is 10.1. The van der Waals surface area contributed by atoms with Crippen LogP contribution in [0.5, 0.6) is 5.75 Å². The molecule has 8 heteroatoms. The van der Waals surface area contributed by atoms with Crippen molar-refractivity contribution in [3.63, 3.8) is 0 Å². The Kier molecular flexibility index (Phi) is 7.77. The first-order valence-corrected chi connectivity index (χ1v) is 12.7. The van der Waals surface area contributed by atoms with Crippen molar-refractivity contribution in [2.24, 2.45) is 0 Å². The maximum Gasteiger partial charge on any atom is 0.322 e. The second kappa shape index (κ2) is 11.2. The lowest BCUT2D eigenvalue weighted by molar-refractivity contribution is -0.138. The molecule has 1 atom stereocenters. The normalized spacial score (nSPS) is 12.1. The van der Waals surface area contributed by atoms with Gasteiger partial charge in [-0.15, -0.1) is 0 Å². The standard InChI is InChI=1S/C28H24FNO5S/c29-25-18-23(13-16-27(25)35-19-21-9-5-2-6-10-21)22-11-14-24(15-12-22)36(33,34)30-26(28(31)32)17-20-7-3-1-4-8-20/h1-16,18,26,30H,17,19H2,(H,31,32)/t26-/m1/s1. The van der Waals surface area contributed by atoms with Crippen molar-refractivity contribution < 1.29 is 27.4 Å². The minimum Gasteiger partial charge on any atom is -0.486 e. The van der Waals surface area contributed by atoms with Crippen LogP contribution in [0.1, 0.15) is 11.1 Å². The Hall–Kier alpha value is -4.01. The number of carboxylic acids is 1. The van der Waals surface area contributed by atoms with Crippen molar-refractivity contribution in [1.29, 1.82) is 0 Å². The molecule has 0 saturated carbocycles. The van der Waals surface area contributed by atoms with Crippen molar-refractivity contribution in [3.8, 4) is 16.9 Å². The van der Waals surface area contributed by atoms with E-state index in [1.165, 1.54) is 24.3 Å². The Labute approximate surface area is 209 Å². The predicted octanol–water partition coefficient (Wildman–Crippen LogP) is 5.05. The lowest BCUT2D eigenvalue weighted by Gasteiger charge is -2.15. The van der Waals surface area contributed by atoms with Gasteiger partial charge in [0, 0.05) is 0 Å². The summed E-state index contributed by atoms with van der Waals surface area (Å²) >= 11 is 0. The SMILES string of the molecule is O=C(O)[C@@H](Cc1ccccc1)NS(=O)(=O)c1ccc(-c2ccc(OCc3ccccc3)c(F)c2)cc1. The summed E-state index contributed by atoms with van der Waals surface area (Å²) in [6.07, 6.45) is 0.00541. The Morgan fingerprint density at radius 1 is 0.833 bits per heavy atom. The van der Waals surface area contributed by atoms with Gasteiger partial charge in [0.25, 0.3) is 0 Å². The van der Waals surface area contributed by atoms with Gasteiger partial charge in [-0.3, -0.25) is 4.79 Å². The van der Waals surface area contributed by atoms with Crippen molar-refractivity contribution in [1.82, 2.24) is 4.72 Å². The molecule has 0 amide bonds. The Morgan fingerprint density at radius 3 is 2.00 bits per heavy atom. The fourth-order valence-corrected chi connectivity index (χ4v) is 4.83. The monoisotopic (exact) mass is 505 g/mol. The van der Waals surface area contributed by atoms with Crippen LogP contribution in [-0.4, -0.2) is 25.5 Å². The number of benzene rings is 4.